The number of ketones is 1. The van der Waals surface area contributed by atoms with Gasteiger partial charge >= 0.3 is 0 Å². The fraction of sp³-hybridized carbons (Fsp3) is 0.286. The summed E-state index contributed by atoms with van der Waals surface area (Å²) in [5.74, 6) is 0.967. The zero-order chi connectivity index (χ0) is 14.4. The van der Waals surface area contributed by atoms with Crippen LogP contribution in [0, 0.1) is 17.2 Å². The minimum absolute atomic E-state index is 0.0123. The molecule has 0 spiro atoms. The minimum atomic E-state index is -0.790. The highest BCUT2D eigenvalue weighted by molar-refractivity contribution is 6.04. The Morgan fingerprint density at radius 2 is 2.21 bits per heavy atom. The lowest BCUT2D eigenvalue weighted by atomic mass is 9.88. The van der Waals surface area contributed by atoms with Crippen molar-refractivity contribution in [1.82, 2.24) is 4.90 Å². The fourth-order valence-electron chi connectivity index (χ4n) is 1.61. The van der Waals surface area contributed by atoms with Gasteiger partial charge in [0.2, 0.25) is 0 Å². The van der Waals surface area contributed by atoms with Crippen LogP contribution in [-0.2, 0) is 14.3 Å². The second-order valence-corrected chi connectivity index (χ2v) is 4.13. The van der Waals surface area contributed by atoms with Crippen molar-refractivity contribution in [3.63, 3.8) is 0 Å². The number of methoxy groups -OCH3 is 1. The summed E-state index contributed by atoms with van der Waals surface area (Å²) < 4.78 is 4.98. The molecule has 0 saturated heterocycles. The molecule has 1 aliphatic carbocycles. The van der Waals surface area contributed by atoms with Gasteiger partial charge in [-0.2, -0.15) is 5.26 Å². The highest BCUT2D eigenvalue weighted by atomic mass is 16.5. The van der Waals surface area contributed by atoms with E-state index in [9.17, 15) is 9.59 Å². The average Bonchev–Trinajstić information content (AvgIpc) is 2.42. The molecule has 0 fully saturated rings. The van der Waals surface area contributed by atoms with Crippen LogP contribution in [0.1, 0.15) is 0 Å². The molecule has 0 bridgehead atoms. The van der Waals surface area contributed by atoms with Crippen molar-refractivity contribution in [2.45, 2.75) is 0 Å². The molecule has 5 nitrogen and oxygen atoms in total. The van der Waals surface area contributed by atoms with Crippen molar-refractivity contribution in [2.24, 2.45) is 5.92 Å². The van der Waals surface area contributed by atoms with Gasteiger partial charge in [-0.1, -0.05) is 6.08 Å². The lowest BCUT2D eigenvalue weighted by molar-refractivity contribution is -0.116. The van der Waals surface area contributed by atoms with Crippen LogP contribution >= 0.6 is 0 Å². The number of Topliss-reactive ketones (excluding diaryl/α,β-unsaturated/α-hetero) is 1. The van der Waals surface area contributed by atoms with Crippen molar-refractivity contribution in [3.05, 3.63) is 41.3 Å². The molecule has 1 unspecified atom stereocenters. The molecular formula is C14H14N2O3. The normalized spacial score (nSPS) is 18.2. The number of hydrogen-bond acceptors (Lipinski definition) is 5. The van der Waals surface area contributed by atoms with Gasteiger partial charge in [-0.05, 0) is 12.2 Å². The van der Waals surface area contributed by atoms with Crippen LogP contribution < -0.4 is 0 Å². The molecule has 1 atom stereocenters. The molecule has 0 saturated carbocycles. The van der Waals surface area contributed by atoms with Gasteiger partial charge in [0.25, 0.3) is 0 Å². The van der Waals surface area contributed by atoms with Crippen molar-refractivity contribution < 1.29 is 14.3 Å². The Morgan fingerprint density at radius 3 is 2.68 bits per heavy atom. The molecule has 0 amide bonds. The molecule has 98 valence electrons. The maximum atomic E-state index is 12.2. The lowest BCUT2D eigenvalue weighted by Gasteiger charge is -2.15. The van der Waals surface area contributed by atoms with E-state index in [2.05, 4.69) is 0 Å². The largest absolute Gasteiger partial charge is 0.497 e. The predicted molar refractivity (Wildman–Crippen MR) is 69.3 cm³/mol. The van der Waals surface area contributed by atoms with Crippen LogP contribution in [0.5, 0.6) is 0 Å². The van der Waals surface area contributed by atoms with Gasteiger partial charge in [0, 0.05) is 20.3 Å². The van der Waals surface area contributed by atoms with E-state index in [1.54, 1.807) is 31.0 Å². The van der Waals surface area contributed by atoms with Gasteiger partial charge in [0.15, 0.2) is 5.78 Å². The molecule has 0 aliphatic heterocycles. The third kappa shape index (κ3) is 3.44. The highest BCUT2D eigenvalue weighted by Gasteiger charge is 2.26. The molecule has 0 aromatic heterocycles. The molecule has 0 aromatic carbocycles. The Morgan fingerprint density at radius 1 is 1.53 bits per heavy atom. The summed E-state index contributed by atoms with van der Waals surface area (Å²) in [5.41, 5.74) is 0.144. The number of carbonyl (C=O) groups excluding carboxylic acids is 2. The topological polar surface area (TPSA) is 70.4 Å². The van der Waals surface area contributed by atoms with Gasteiger partial charge in [0.05, 0.1) is 18.6 Å². The molecule has 0 N–H and O–H groups in total. The van der Waals surface area contributed by atoms with Gasteiger partial charge < -0.3 is 9.64 Å². The maximum absolute atomic E-state index is 12.2. The third-order valence-corrected chi connectivity index (χ3v) is 2.49. The first-order chi connectivity index (χ1) is 9.03. The summed E-state index contributed by atoms with van der Waals surface area (Å²) in [6.07, 6.45) is 5.99. The summed E-state index contributed by atoms with van der Waals surface area (Å²) in [7, 11) is 4.88. The quantitative estimate of drug-likeness (QED) is 0.427. The monoisotopic (exact) mass is 258 g/mol. The SMILES string of the molecule is COC1=CC(=C=O)C(C(=O)C(C#N)=CN(C)C)C=C1. The molecule has 0 radical (unpaired) electrons. The van der Waals surface area contributed by atoms with Gasteiger partial charge in [-0.3, -0.25) is 4.79 Å². The summed E-state index contributed by atoms with van der Waals surface area (Å²) in [4.78, 5) is 24.7. The van der Waals surface area contributed by atoms with Crippen molar-refractivity contribution in [1.29, 1.82) is 5.26 Å². The Labute approximate surface area is 111 Å². The molecule has 5 heteroatoms. The Hall–Kier alpha value is -2.57. The Bertz CT molecular complexity index is 556. The number of allylic oxidation sites excluding steroid dienone is 5. The fourth-order valence-corrected chi connectivity index (χ4v) is 1.61. The second-order valence-electron chi connectivity index (χ2n) is 4.13. The van der Waals surface area contributed by atoms with Crippen molar-refractivity contribution in [2.75, 3.05) is 21.2 Å². The molecule has 0 heterocycles. The first-order valence-electron chi connectivity index (χ1n) is 5.55. The lowest BCUT2D eigenvalue weighted by Crippen LogP contribution is -2.20. The summed E-state index contributed by atoms with van der Waals surface area (Å²) >= 11 is 0. The van der Waals surface area contributed by atoms with Crippen LogP contribution in [0.15, 0.2) is 41.3 Å². The number of hydrogen-bond donors (Lipinski definition) is 0. The highest BCUT2D eigenvalue weighted by Crippen LogP contribution is 2.24. The Kier molecular flexibility index (Phi) is 4.87. The maximum Gasteiger partial charge on any atom is 0.186 e. The zero-order valence-corrected chi connectivity index (χ0v) is 11.0. The average molecular weight is 258 g/mol. The summed E-state index contributed by atoms with van der Waals surface area (Å²) in [6, 6.07) is 1.84. The molecule has 19 heavy (non-hydrogen) atoms. The number of rotatable bonds is 4. The first kappa shape index (κ1) is 14.5. The van der Waals surface area contributed by atoms with Crippen molar-refractivity contribution >= 4 is 11.7 Å². The van der Waals surface area contributed by atoms with E-state index in [1.165, 1.54) is 25.5 Å². The number of carbonyl (C=O) groups is 1. The number of nitrogens with zero attached hydrogens (tertiary/aromatic N) is 2. The molecule has 0 aromatic rings. The predicted octanol–water partition coefficient (Wildman–Crippen LogP) is 0.999. The van der Waals surface area contributed by atoms with E-state index in [4.69, 9.17) is 10.00 Å². The summed E-state index contributed by atoms with van der Waals surface area (Å²) in [5, 5.41) is 9.00. The van der Waals surface area contributed by atoms with E-state index < -0.39 is 11.7 Å². The minimum Gasteiger partial charge on any atom is -0.497 e. The molecule has 1 aliphatic rings. The summed E-state index contributed by atoms with van der Waals surface area (Å²) in [6.45, 7) is 0. The van der Waals surface area contributed by atoms with Crippen LogP contribution in [0.4, 0.5) is 0 Å². The second kappa shape index (κ2) is 6.39. The van der Waals surface area contributed by atoms with Crippen LogP contribution in [0.25, 0.3) is 0 Å². The van der Waals surface area contributed by atoms with Gasteiger partial charge in [-0.25, -0.2) is 4.79 Å². The number of ether oxygens (including phenoxy) is 1. The first-order valence-corrected chi connectivity index (χ1v) is 5.55. The van der Waals surface area contributed by atoms with Crippen LogP contribution in [-0.4, -0.2) is 37.8 Å². The smallest absolute Gasteiger partial charge is 0.186 e. The van der Waals surface area contributed by atoms with Crippen LogP contribution in [0.2, 0.25) is 0 Å². The van der Waals surface area contributed by atoms with E-state index in [1.807, 2.05) is 6.07 Å². The zero-order valence-electron chi connectivity index (χ0n) is 11.0. The van der Waals surface area contributed by atoms with Gasteiger partial charge in [0.1, 0.15) is 23.3 Å². The molecule has 1 rings (SSSR count). The van der Waals surface area contributed by atoms with Crippen molar-refractivity contribution in [3.8, 4) is 6.07 Å². The van der Waals surface area contributed by atoms with Crippen LogP contribution in [0.3, 0.4) is 0 Å². The number of nitriles is 1. The van der Waals surface area contributed by atoms with E-state index in [0.29, 0.717) is 5.76 Å². The van der Waals surface area contributed by atoms with Gasteiger partial charge in [-0.15, -0.1) is 0 Å². The standard InChI is InChI=1S/C14H14N2O3/c1-16(2)8-11(7-15)14(18)13-5-4-12(19-3)6-10(13)9-17/h4-6,8,13H,1-3H3. The third-order valence-electron chi connectivity index (χ3n) is 2.49. The van der Waals surface area contributed by atoms with E-state index >= 15 is 0 Å². The Balaban J connectivity index is 3.09. The molecular weight excluding hydrogens is 244 g/mol. The van der Waals surface area contributed by atoms with E-state index in [-0.39, 0.29) is 11.1 Å². The van der Waals surface area contributed by atoms with E-state index in [0.717, 1.165) is 0 Å².